The van der Waals surface area contributed by atoms with Crippen molar-refractivity contribution >= 4 is 5.97 Å². The summed E-state index contributed by atoms with van der Waals surface area (Å²) in [6.45, 7) is 1.15. The van der Waals surface area contributed by atoms with Crippen molar-refractivity contribution in [3.05, 3.63) is 31.5 Å². The van der Waals surface area contributed by atoms with Crippen molar-refractivity contribution in [2.24, 2.45) is 0 Å². The topological polar surface area (TPSA) is 138 Å². The second-order valence-corrected chi connectivity index (χ2v) is 6.00. The number of hydrogen-bond acceptors (Lipinski definition) is 8. The Hall–Kier alpha value is -2.24. The van der Waals surface area contributed by atoms with E-state index >= 15 is 0 Å². The lowest BCUT2D eigenvalue weighted by molar-refractivity contribution is -0.149. The average molecular weight is 357 g/mol. The number of aromatic nitrogens is 3. The molecule has 3 rings (SSSR count). The Morgan fingerprint density at radius 1 is 1.08 bits per heavy atom. The van der Waals surface area contributed by atoms with Gasteiger partial charge >= 0.3 is 23.0 Å². The molecule has 0 saturated carbocycles. The van der Waals surface area contributed by atoms with E-state index in [0.29, 0.717) is 13.2 Å². The van der Waals surface area contributed by atoms with Crippen molar-refractivity contribution < 1.29 is 24.1 Å². The third kappa shape index (κ3) is 4.06. The van der Waals surface area contributed by atoms with Crippen LogP contribution in [0.2, 0.25) is 0 Å². The van der Waals surface area contributed by atoms with Crippen LogP contribution in [0.1, 0.15) is 6.92 Å². The third-order valence-corrected chi connectivity index (χ3v) is 3.89. The fourth-order valence-corrected chi connectivity index (χ4v) is 2.48. The van der Waals surface area contributed by atoms with Crippen molar-refractivity contribution in [3.63, 3.8) is 0 Å². The van der Waals surface area contributed by atoms with E-state index in [-0.39, 0.29) is 31.8 Å². The summed E-state index contributed by atoms with van der Waals surface area (Å²) in [5, 5.41) is 9.31. The van der Waals surface area contributed by atoms with Crippen LogP contribution in [0, 0.1) is 0 Å². The molecule has 11 heteroatoms. The Morgan fingerprint density at radius 2 is 1.52 bits per heavy atom. The van der Waals surface area contributed by atoms with Crippen molar-refractivity contribution in [1.29, 1.82) is 0 Å². The van der Waals surface area contributed by atoms with Gasteiger partial charge < -0.3 is 19.3 Å². The van der Waals surface area contributed by atoms with Gasteiger partial charge in [0.1, 0.15) is 6.10 Å². The number of epoxide rings is 2. The fraction of sp³-hybridized carbons (Fsp3) is 0.714. The minimum atomic E-state index is -1.07. The van der Waals surface area contributed by atoms with Gasteiger partial charge in [-0.2, -0.15) is 0 Å². The van der Waals surface area contributed by atoms with Gasteiger partial charge in [0, 0.05) is 6.92 Å². The number of esters is 1. The monoisotopic (exact) mass is 357 g/mol. The molecule has 0 bridgehead atoms. The first-order chi connectivity index (χ1) is 11.9. The van der Waals surface area contributed by atoms with Crippen LogP contribution < -0.4 is 17.1 Å². The largest absolute Gasteiger partial charge is 0.458 e. The van der Waals surface area contributed by atoms with Gasteiger partial charge in [-0.25, -0.2) is 28.1 Å². The van der Waals surface area contributed by atoms with Gasteiger partial charge in [-0.3, -0.25) is 4.79 Å². The van der Waals surface area contributed by atoms with Gasteiger partial charge in [0.25, 0.3) is 0 Å². The second-order valence-electron chi connectivity index (χ2n) is 6.00. The summed E-state index contributed by atoms with van der Waals surface area (Å²) in [4.78, 5) is 48.7. The normalized spacial score (nSPS) is 22.5. The zero-order valence-electron chi connectivity index (χ0n) is 13.6. The molecule has 0 spiro atoms. The number of nitrogens with zero attached hydrogens (tertiary/aromatic N) is 3. The summed E-state index contributed by atoms with van der Waals surface area (Å²) in [6.07, 6.45) is -1.56. The van der Waals surface area contributed by atoms with Gasteiger partial charge in [-0.15, -0.1) is 0 Å². The highest BCUT2D eigenvalue weighted by Crippen LogP contribution is 2.10. The zero-order chi connectivity index (χ0) is 18.1. The molecular weight excluding hydrogens is 338 g/mol. The molecule has 11 nitrogen and oxygen atoms in total. The van der Waals surface area contributed by atoms with Crippen molar-refractivity contribution in [2.75, 3.05) is 19.8 Å². The molecule has 138 valence electrons. The van der Waals surface area contributed by atoms with E-state index in [2.05, 4.69) is 0 Å². The second kappa shape index (κ2) is 6.94. The lowest BCUT2D eigenvalue weighted by atomic mass is 10.3. The molecule has 25 heavy (non-hydrogen) atoms. The first-order valence-electron chi connectivity index (χ1n) is 7.86. The number of carbonyl (C=O) groups is 1. The molecular formula is C14H19N3O8. The molecule has 0 radical (unpaired) electrons. The van der Waals surface area contributed by atoms with Crippen molar-refractivity contribution in [1.82, 2.24) is 13.7 Å². The molecule has 1 N–H and O–H groups in total. The Labute approximate surface area is 141 Å². The molecule has 0 aliphatic carbocycles. The highest BCUT2D eigenvalue weighted by molar-refractivity contribution is 5.66. The average Bonchev–Trinajstić information content (AvgIpc) is 3.45. The summed E-state index contributed by atoms with van der Waals surface area (Å²) in [7, 11) is 0. The van der Waals surface area contributed by atoms with Crippen LogP contribution in [-0.4, -0.2) is 62.9 Å². The van der Waals surface area contributed by atoms with Crippen LogP contribution >= 0.6 is 0 Å². The molecule has 2 saturated heterocycles. The first kappa shape index (κ1) is 17.6. The van der Waals surface area contributed by atoms with Crippen LogP contribution in [0.15, 0.2) is 14.4 Å². The Bertz CT molecular complexity index is 778. The number of aliphatic hydroxyl groups excluding tert-OH is 1. The maximum Gasteiger partial charge on any atom is 0.336 e. The standard InChI is InChI=1S/C14H19N3O8/c1-8(19)25-9(5-18)2-15-12(20)16(3-10-6-23-10)14(22)17(13(15)21)4-11-7-24-11/h9-11,18H,2-7H2,1H3. The smallest absolute Gasteiger partial charge is 0.336 e. The molecule has 3 atom stereocenters. The fourth-order valence-electron chi connectivity index (χ4n) is 2.48. The Kier molecular flexibility index (Phi) is 4.88. The number of rotatable bonds is 8. The molecule has 2 aliphatic rings. The lowest BCUT2D eigenvalue weighted by Gasteiger charge is -2.17. The minimum Gasteiger partial charge on any atom is -0.458 e. The van der Waals surface area contributed by atoms with E-state index in [1.807, 2.05) is 0 Å². The van der Waals surface area contributed by atoms with Gasteiger partial charge in [0.15, 0.2) is 0 Å². The Balaban J connectivity index is 2.02. The van der Waals surface area contributed by atoms with Gasteiger partial charge in [0.2, 0.25) is 0 Å². The van der Waals surface area contributed by atoms with E-state index in [0.717, 1.165) is 20.6 Å². The van der Waals surface area contributed by atoms with E-state index < -0.39 is 35.7 Å². The first-order valence-corrected chi connectivity index (χ1v) is 7.86. The Morgan fingerprint density at radius 3 is 1.88 bits per heavy atom. The quantitative estimate of drug-likeness (QED) is 0.381. The minimum absolute atomic E-state index is 0.0286. The van der Waals surface area contributed by atoms with E-state index in [1.165, 1.54) is 0 Å². The predicted molar refractivity (Wildman–Crippen MR) is 81.3 cm³/mol. The molecule has 0 amide bonds. The number of aliphatic hydroxyl groups is 1. The molecule has 0 aromatic carbocycles. The maximum atomic E-state index is 12.6. The van der Waals surface area contributed by atoms with Crippen LogP contribution in [-0.2, 0) is 38.6 Å². The molecule has 2 fully saturated rings. The van der Waals surface area contributed by atoms with Crippen molar-refractivity contribution in [3.8, 4) is 0 Å². The summed E-state index contributed by atoms with van der Waals surface area (Å²) >= 11 is 0. The van der Waals surface area contributed by atoms with Gasteiger partial charge in [0.05, 0.1) is 51.7 Å². The molecule has 2 aliphatic heterocycles. The molecule has 3 unspecified atom stereocenters. The molecule has 1 aromatic heterocycles. The van der Waals surface area contributed by atoms with E-state index in [4.69, 9.17) is 14.2 Å². The van der Waals surface area contributed by atoms with E-state index in [1.54, 1.807) is 0 Å². The summed E-state index contributed by atoms with van der Waals surface area (Å²) in [5.41, 5.74) is -2.39. The maximum absolute atomic E-state index is 12.6. The summed E-state index contributed by atoms with van der Waals surface area (Å²) in [5.74, 6) is -0.654. The van der Waals surface area contributed by atoms with Crippen LogP contribution in [0.25, 0.3) is 0 Å². The number of carbonyl (C=O) groups excluding carboxylic acids is 1. The van der Waals surface area contributed by atoms with E-state index in [9.17, 15) is 24.3 Å². The lowest BCUT2D eigenvalue weighted by Crippen LogP contribution is -2.56. The zero-order valence-corrected chi connectivity index (χ0v) is 13.6. The van der Waals surface area contributed by atoms with Gasteiger partial charge in [-0.1, -0.05) is 0 Å². The van der Waals surface area contributed by atoms with Gasteiger partial charge in [-0.05, 0) is 0 Å². The SMILES string of the molecule is CC(=O)OC(CO)Cn1c(=O)n(CC2CO2)c(=O)n(CC2CO2)c1=O. The number of hydrogen-bond donors (Lipinski definition) is 1. The van der Waals surface area contributed by atoms with Crippen LogP contribution in [0.4, 0.5) is 0 Å². The highest BCUT2D eigenvalue weighted by atomic mass is 16.6. The number of ether oxygens (including phenoxy) is 3. The summed E-state index contributed by atoms with van der Waals surface area (Å²) < 4.78 is 17.6. The summed E-state index contributed by atoms with van der Waals surface area (Å²) in [6, 6.07) is 0. The van der Waals surface area contributed by atoms with Crippen LogP contribution in [0.5, 0.6) is 0 Å². The van der Waals surface area contributed by atoms with Crippen LogP contribution in [0.3, 0.4) is 0 Å². The highest BCUT2D eigenvalue weighted by Gasteiger charge is 2.30. The van der Waals surface area contributed by atoms with Crippen molar-refractivity contribution in [2.45, 2.75) is 44.9 Å². The predicted octanol–water partition coefficient (Wildman–Crippen LogP) is -3.11. The molecule has 1 aromatic rings. The molecule has 3 heterocycles. The third-order valence-electron chi connectivity index (χ3n) is 3.89.